The molecule has 1 aliphatic heterocycles. The van der Waals surface area contributed by atoms with Gasteiger partial charge in [-0.25, -0.2) is 4.98 Å². The monoisotopic (exact) mass is 435 g/mol. The number of hydrogen-bond donors (Lipinski definition) is 2. The molecule has 7 nitrogen and oxygen atoms in total. The van der Waals surface area contributed by atoms with Crippen LogP contribution < -0.4 is 15.0 Å². The van der Waals surface area contributed by atoms with E-state index < -0.39 is 0 Å². The molecule has 0 amide bonds. The van der Waals surface area contributed by atoms with Gasteiger partial charge in [0, 0.05) is 41.3 Å². The quantitative estimate of drug-likeness (QED) is 0.609. The van der Waals surface area contributed by atoms with Crippen molar-refractivity contribution in [3.63, 3.8) is 0 Å². The van der Waals surface area contributed by atoms with Crippen LogP contribution in [0.3, 0.4) is 0 Å². The van der Waals surface area contributed by atoms with Gasteiger partial charge in [-0.05, 0) is 83.2 Å². The van der Waals surface area contributed by atoms with E-state index in [1.807, 2.05) is 31.2 Å². The van der Waals surface area contributed by atoms with Gasteiger partial charge in [0.25, 0.3) is 0 Å². The lowest BCUT2D eigenvalue weighted by atomic mass is 9.79. The Kier molecular flexibility index (Phi) is 5.71. The summed E-state index contributed by atoms with van der Waals surface area (Å²) in [5.41, 5.74) is 1.32. The van der Waals surface area contributed by atoms with Crippen molar-refractivity contribution in [2.45, 2.75) is 64.6 Å². The van der Waals surface area contributed by atoms with Gasteiger partial charge in [0.1, 0.15) is 5.75 Å². The standard InChI is InChI=1S/C25H33N5O2/c1-7-32-23-18-13-19(21(31)12-16(18)10-11-26-23)20-8-9-22(28-27-20)30(6)17-14-24(2,3)29-25(4,5)15-17/h8-13,17,29,31H,7,14-15H2,1-6H3. The minimum Gasteiger partial charge on any atom is -0.507 e. The largest absolute Gasteiger partial charge is 0.507 e. The average molecular weight is 436 g/mol. The molecule has 1 aliphatic rings. The van der Waals surface area contributed by atoms with Crippen LogP contribution in [0.15, 0.2) is 36.5 Å². The van der Waals surface area contributed by atoms with Gasteiger partial charge in [-0.2, -0.15) is 0 Å². The van der Waals surface area contributed by atoms with Gasteiger partial charge >= 0.3 is 0 Å². The molecule has 0 radical (unpaired) electrons. The summed E-state index contributed by atoms with van der Waals surface area (Å²) in [5, 5.41) is 25.0. The van der Waals surface area contributed by atoms with Crippen molar-refractivity contribution >= 4 is 16.6 Å². The molecule has 4 rings (SSSR count). The Hall–Kier alpha value is -2.93. The Morgan fingerprint density at radius 1 is 1.09 bits per heavy atom. The number of ether oxygens (including phenoxy) is 1. The molecule has 1 fully saturated rings. The highest BCUT2D eigenvalue weighted by molar-refractivity contribution is 5.93. The number of rotatable bonds is 5. The number of piperidine rings is 1. The van der Waals surface area contributed by atoms with E-state index >= 15 is 0 Å². The zero-order valence-electron chi connectivity index (χ0n) is 19.8. The molecule has 0 aliphatic carbocycles. The zero-order valence-corrected chi connectivity index (χ0v) is 19.8. The lowest BCUT2D eigenvalue weighted by molar-refractivity contribution is 0.160. The minimum atomic E-state index is 0.0528. The summed E-state index contributed by atoms with van der Waals surface area (Å²) in [6.07, 6.45) is 3.73. The summed E-state index contributed by atoms with van der Waals surface area (Å²) in [6, 6.07) is 9.68. The highest BCUT2D eigenvalue weighted by Gasteiger charge is 2.39. The van der Waals surface area contributed by atoms with Crippen LogP contribution in [0.1, 0.15) is 47.5 Å². The maximum atomic E-state index is 10.6. The number of nitrogens with zero attached hydrogens (tertiary/aromatic N) is 4. The molecule has 0 spiro atoms. The number of anilines is 1. The minimum absolute atomic E-state index is 0.0528. The van der Waals surface area contributed by atoms with Crippen molar-refractivity contribution in [2.75, 3.05) is 18.6 Å². The molecule has 2 N–H and O–H groups in total. The number of fused-ring (bicyclic) bond motifs is 1. The van der Waals surface area contributed by atoms with Crippen LogP contribution in [-0.4, -0.2) is 51.1 Å². The third-order valence-corrected chi connectivity index (χ3v) is 6.13. The molecule has 170 valence electrons. The summed E-state index contributed by atoms with van der Waals surface area (Å²) >= 11 is 0. The van der Waals surface area contributed by atoms with E-state index in [4.69, 9.17) is 4.74 Å². The van der Waals surface area contributed by atoms with E-state index in [-0.39, 0.29) is 16.8 Å². The molecule has 7 heteroatoms. The number of aromatic nitrogens is 3. The zero-order chi connectivity index (χ0) is 23.1. The number of nitrogens with one attached hydrogen (secondary N) is 1. The average Bonchev–Trinajstić information content (AvgIpc) is 2.71. The van der Waals surface area contributed by atoms with Crippen LogP contribution in [0.4, 0.5) is 5.82 Å². The molecule has 3 heterocycles. The molecule has 0 unspecified atom stereocenters. The Labute approximate surface area is 189 Å². The van der Waals surface area contributed by atoms with Crippen molar-refractivity contribution in [3.8, 4) is 22.9 Å². The Morgan fingerprint density at radius 2 is 1.81 bits per heavy atom. The first kappa shape index (κ1) is 22.3. The highest BCUT2D eigenvalue weighted by atomic mass is 16.5. The smallest absolute Gasteiger partial charge is 0.221 e. The number of aromatic hydroxyl groups is 1. The van der Waals surface area contributed by atoms with E-state index in [9.17, 15) is 5.11 Å². The number of phenolic OH excluding ortho intramolecular Hbond substituents is 1. The second kappa shape index (κ2) is 8.20. The lowest BCUT2D eigenvalue weighted by Crippen LogP contribution is -2.62. The number of phenols is 1. The van der Waals surface area contributed by atoms with Gasteiger partial charge in [-0.15, -0.1) is 10.2 Å². The van der Waals surface area contributed by atoms with Crippen molar-refractivity contribution in [3.05, 3.63) is 36.5 Å². The third kappa shape index (κ3) is 4.48. The van der Waals surface area contributed by atoms with Crippen molar-refractivity contribution in [2.24, 2.45) is 0 Å². The van der Waals surface area contributed by atoms with E-state index in [1.54, 1.807) is 12.3 Å². The maximum Gasteiger partial charge on any atom is 0.221 e. The maximum absolute atomic E-state index is 10.6. The molecule has 0 bridgehead atoms. The van der Waals surface area contributed by atoms with Crippen LogP contribution in [0, 0.1) is 0 Å². The van der Waals surface area contributed by atoms with E-state index in [0.29, 0.717) is 29.8 Å². The fourth-order valence-corrected chi connectivity index (χ4v) is 5.03. The fourth-order valence-electron chi connectivity index (χ4n) is 5.03. The van der Waals surface area contributed by atoms with Gasteiger partial charge < -0.3 is 20.1 Å². The highest BCUT2D eigenvalue weighted by Crippen LogP contribution is 2.36. The molecule has 2 aromatic heterocycles. The summed E-state index contributed by atoms with van der Waals surface area (Å²) < 4.78 is 5.66. The Bertz CT molecular complexity index is 1100. The molecule has 1 saturated heterocycles. The van der Waals surface area contributed by atoms with E-state index in [0.717, 1.165) is 29.4 Å². The van der Waals surface area contributed by atoms with Gasteiger partial charge in [0.2, 0.25) is 5.88 Å². The van der Waals surface area contributed by atoms with Crippen LogP contribution in [-0.2, 0) is 0 Å². The van der Waals surface area contributed by atoms with Gasteiger partial charge in [0.15, 0.2) is 5.82 Å². The second-order valence-corrected chi connectivity index (χ2v) is 9.98. The van der Waals surface area contributed by atoms with Crippen LogP contribution in [0.2, 0.25) is 0 Å². The predicted molar refractivity (Wildman–Crippen MR) is 128 cm³/mol. The second-order valence-electron chi connectivity index (χ2n) is 9.98. The Morgan fingerprint density at radius 3 is 2.44 bits per heavy atom. The number of pyridine rings is 1. The van der Waals surface area contributed by atoms with Crippen molar-refractivity contribution in [1.29, 1.82) is 0 Å². The SMILES string of the molecule is CCOc1nccc2cc(O)c(-c3ccc(N(C)C4CC(C)(C)NC(C)(C)C4)nn3)cc12. The van der Waals surface area contributed by atoms with Gasteiger partial charge in [-0.1, -0.05) is 0 Å². The molecule has 0 saturated carbocycles. The first-order valence-corrected chi connectivity index (χ1v) is 11.2. The normalized spacial score (nSPS) is 17.9. The van der Waals surface area contributed by atoms with Gasteiger partial charge in [0.05, 0.1) is 12.3 Å². The molecule has 1 aromatic carbocycles. The van der Waals surface area contributed by atoms with E-state index in [1.165, 1.54) is 0 Å². The summed E-state index contributed by atoms with van der Waals surface area (Å²) in [4.78, 5) is 6.54. The molecular formula is C25H33N5O2. The fraction of sp³-hybridized carbons (Fsp3) is 0.480. The third-order valence-electron chi connectivity index (χ3n) is 6.13. The first-order chi connectivity index (χ1) is 15.1. The first-order valence-electron chi connectivity index (χ1n) is 11.2. The molecule has 0 atom stereocenters. The predicted octanol–water partition coefficient (Wildman–Crippen LogP) is 4.54. The molecule has 32 heavy (non-hydrogen) atoms. The van der Waals surface area contributed by atoms with Crippen LogP contribution in [0.25, 0.3) is 22.0 Å². The summed E-state index contributed by atoms with van der Waals surface area (Å²) in [7, 11) is 2.08. The van der Waals surface area contributed by atoms with Crippen molar-refractivity contribution < 1.29 is 9.84 Å². The van der Waals surface area contributed by atoms with Crippen LogP contribution >= 0.6 is 0 Å². The summed E-state index contributed by atoms with van der Waals surface area (Å²) in [6.45, 7) is 11.4. The lowest BCUT2D eigenvalue weighted by Gasteiger charge is -2.49. The van der Waals surface area contributed by atoms with E-state index in [2.05, 4.69) is 60.1 Å². The van der Waals surface area contributed by atoms with Crippen LogP contribution in [0.5, 0.6) is 11.6 Å². The number of benzene rings is 1. The number of hydrogen-bond acceptors (Lipinski definition) is 7. The molecular weight excluding hydrogens is 402 g/mol. The summed E-state index contributed by atoms with van der Waals surface area (Å²) in [5.74, 6) is 1.53. The van der Waals surface area contributed by atoms with Crippen molar-refractivity contribution in [1.82, 2.24) is 20.5 Å². The van der Waals surface area contributed by atoms with Gasteiger partial charge in [-0.3, -0.25) is 0 Å². The Balaban J connectivity index is 1.63. The molecule has 3 aromatic rings. The topological polar surface area (TPSA) is 83.4 Å².